The van der Waals surface area contributed by atoms with Crippen LogP contribution in [0.15, 0.2) is 18.2 Å². The molecular formula is C21H26N4O3. The van der Waals surface area contributed by atoms with E-state index in [1.54, 1.807) is 4.90 Å². The van der Waals surface area contributed by atoms with E-state index in [-0.39, 0.29) is 24.1 Å². The summed E-state index contributed by atoms with van der Waals surface area (Å²) in [5.41, 5.74) is 8.83. The number of amides is 3. The van der Waals surface area contributed by atoms with Gasteiger partial charge in [0.25, 0.3) is 5.91 Å². The molecule has 5 rings (SSSR count). The summed E-state index contributed by atoms with van der Waals surface area (Å²) >= 11 is 0. The van der Waals surface area contributed by atoms with Gasteiger partial charge in [-0.15, -0.1) is 0 Å². The first-order valence-electron chi connectivity index (χ1n) is 10.3. The molecule has 7 nitrogen and oxygen atoms in total. The fourth-order valence-corrected chi connectivity index (χ4v) is 5.65. The average molecular weight is 382 g/mol. The Hall–Kier alpha value is -2.25. The fraction of sp³-hybridized carbons (Fsp3) is 0.571. The van der Waals surface area contributed by atoms with E-state index in [0.717, 1.165) is 29.5 Å². The lowest BCUT2D eigenvalue weighted by Gasteiger charge is -2.29. The molecule has 0 aromatic heterocycles. The normalized spacial score (nSPS) is 34.1. The minimum absolute atomic E-state index is 0.100. The van der Waals surface area contributed by atoms with E-state index in [2.05, 4.69) is 10.6 Å². The summed E-state index contributed by atoms with van der Waals surface area (Å²) < 4.78 is 0. The molecule has 3 fully saturated rings. The van der Waals surface area contributed by atoms with Crippen LogP contribution in [0.2, 0.25) is 0 Å². The minimum atomic E-state index is -0.564. The van der Waals surface area contributed by atoms with Crippen molar-refractivity contribution in [3.63, 3.8) is 0 Å². The number of nitrogens with zero attached hydrogens (tertiary/aromatic N) is 1. The average Bonchev–Trinajstić information content (AvgIpc) is 3.33. The van der Waals surface area contributed by atoms with E-state index in [0.29, 0.717) is 43.4 Å². The Morgan fingerprint density at radius 1 is 1.14 bits per heavy atom. The second-order valence-electron chi connectivity index (χ2n) is 8.73. The van der Waals surface area contributed by atoms with Gasteiger partial charge in [0.15, 0.2) is 0 Å². The van der Waals surface area contributed by atoms with E-state index in [1.807, 2.05) is 18.2 Å². The molecule has 4 N–H and O–H groups in total. The molecule has 5 unspecified atom stereocenters. The van der Waals surface area contributed by atoms with Gasteiger partial charge in [-0.2, -0.15) is 0 Å². The Balaban J connectivity index is 1.30. The molecule has 1 aromatic carbocycles. The highest BCUT2D eigenvalue weighted by atomic mass is 16.2. The first-order chi connectivity index (χ1) is 13.5. The smallest absolute Gasteiger partial charge is 0.255 e. The van der Waals surface area contributed by atoms with Crippen LogP contribution in [0, 0.1) is 11.8 Å². The molecule has 2 heterocycles. The molecule has 2 bridgehead atoms. The number of rotatable bonds is 4. The van der Waals surface area contributed by atoms with Crippen LogP contribution in [0.1, 0.15) is 53.6 Å². The summed E-state index contributed by atoms with van der Waals surface area (Å²) in [6.45, 7) is 1.08. The summed E-state index contributed by atoms with van der Waals surface area (Å²) in [5, 5.41) is 6.01. The number of hydrogen-bond acceptors (Lipinski definition) is 5. The second kappa shape index (κ2) is 6.67. The number of imide groups is 1. The molecule has 7 heteroatoms. The summed E-state index contributed by atoms with van der Waals surface area (Å²) in [4.78, 5) is 38.4. The van der Waals surface area contributed by atoms with Gasteiger partial charge in [-0.25, -0.2) is 0 Å². The summed E-state index contributed by atoms with van der Waals surface area (Å²) in [6, 6.07) is 6.20. The van der Waals surface area contributed by atoms with Crippen LogP contribution < -0.4 is 16.4 Å². The Labute approximate surface area is 164 Å². The van der Waals surface area contributed by atoms with E-state index >= 15 is 0 Å². The first kappa shape index (κ1) is 17.8. The van der Waals surface area contributed by atoms with E-state index in [4.69, 9.17) is 5.73 Å². The van der Waals surface area contributed by atoms with Crippen LogP contribution in [0.4, 0.5) is 0 Å². The molecule has 3 amide bonds. The van der Waals surface area contributed by atoms with Crippen molar-refractivity contribution in [3.05, 3.63) is 34.9 Å². The molecule has 1 aromatic rings. The molecule has 2 aliphatic carbocycles. The number of carbonyl (C=O) groups is 3. The van der Waals surface area contributed by atoms with Crippen molar-refractivity contribution >= 4 is 17.7 Å². The maximum absolute atomic E-state index is 13.1. The van der Waals surface area contributed by atoms with Crippen LogP contribution >= 0.6 is 0 Å². The van der Waals surface area contributed by atoms with Gasteiger partial charge < -0.3 is 16.0 Å². The zero-order chi connectivity index (χ0) is 19.4. The van der Waals surface area contributed by atoms with Gasteiger partial charge in [0.2, 0.25) is 11.8 Å². The predicted octanol–water partition coefficient (Wildman–Crippen LogP) is 0.663. The SMILES string of the molecule is NC1CC2CC1CC2NCc1cccc2c1C(=O)N(C1CCC(=O)NC1=O)C2. The van der Waals surface area contributed by atoms with Crippen LogP contribution in [0.5, 0.6) is 0 Å². The summed E-state index contributed by atoms with van der Waals surface area (Å²) in [6.07, 6.45) is 4.10. The second-order valence-corrected chi connectivity index (χ2v) is 8.73. The highest BCUT2D eigenvalue weighted by molar-refractivity contribution is 6.05. The Bertz CT molecular complexity index is 852. The topological polar surface area (TPSA) is 105 Å². The highest BCUT2D eigenvalue weighted by Gasteiger charge is 2.44. The van der Waals surface area contributed by atoms with Crippen LogP contribution in [0.3, 0.4) is 0 Å². The molecule has 148 valence electrons. The lowest BCUT2D eigenvalue weighted by atomic mass is 9.91. The van der Waals surface area contributed by atoms with Crippen molar-refractivity contribution in [2.75, 3.05) is 0 Å². The van der Waals surface area contributed by atoms with Gasteiger partial charge in [0.1, 0.15) is 6.04 Å². The monoisotopic (exact) mass is 382 g/mol. The van der Waals surface area contributed by atoms with Crippen molar-refractivity contribution in [1.82, 2.24) is 15.5 Å². The van der Waals surface area contributed by atoms with Crippen molar-refractivity contribution < 1.29 is 14.4 Å². The quantitative estimate of drug-likeness (QED) is 0.664. The molecular weight excluding hydrogens is 356 g/mol. The number of benzene rings is 1. The number of nitrogens with two attached hydrogens (primary N) is 1. The van der Waals surface area contributed by atoms with Gasteiger partial charge >= 0.3 is 0 Å². The van der Waals surface area contributed by atoms with Gasteiger partial charge in [0, 0.05) is 37.2 Å². The van der Waals surface area contributed by atoms with Gasteiger partial charge in [0.05, 0.1) is 0 Å². The Morgan fingerprint density at radius 3 is 2.71 bits per heavy atom. The van der Waals surface area contributed by atoms with E-state index in [9.17, 15) is 14.4 Å². The third kappa shape index (κ3) is 2.84. The Kier molecular flexibility index (Phi) is 4.25. The van der Waals surface area contributed by atoms with Gasteiger partial charge in [-0.1, -0.05) is 18.2 Å². The number of piperidine rings is 1. The highest BCUT2D eigenvalue weighted by Crippen LogP contribution is 2.44. The summed E-state index contributed by atoms with van der Waals surface area (Å²) in [5.74, 6) is 0.550. The third-order valence-electron chi connectivity index (χ3n) is 7.11. The van der Waals surface area contributed by atoms with Gasteiger partial charge in [-0.05, 0) is 48.6 Å². The third-order valence-corrected chi connectivity index (χ3v) is 7.11. The molecule has 4 aliphatic rings. The first-order valence-corrected chi connectivity index (χ1v) is 10.3. The largest absolute Gasteiger partial charge is 0.327 e. The maximum Gasteiger partial charge on any atom is 0.255 e. The number of nitrogens with one attached hydrogen (secondary N) is 2. The number of carbonyl (C=O) groups excluding carboxylic acids is 3. The van der Waals surface area contributed by atoms with E-state index < -0.39 is 6.04 Å². The molecule has 5 atom stereocenters. The van der Waals surface area contributed by atoms with Crippen molar-refractivity contribution in [2.45, 2.75) is 63.3 Å². The van der Waals surface area contributed by atoms with Crippen molar-refractivity contribution in [3.8, 4) is 0 Å². The van der Waals surface area contributed by atoms with Crippen LogP contribution in [-0.2, 0) is 22.7 Å². The van der Waals surface area contributed by atoms with Crippen LogP contribution in [0.25, 0.3) is 0 Å². The van der Waals surface area contributed by atoms with Crippen molar-refractivity contribution in [2.24, 2.45) is 17.6 Å². The van der Waals surface area contributed by atoms with Gasteiger partial charge in [-0.3, -0.25) is 19.7 Å². The lowest BCUT2D eigenvalue weighted by Crippen LogP contribution is -2.52. The lowest BCUT2D eigenvalue weighted by molar-refractivity contribution is -0.136. The minimum Gasteiger partial charge on any atom is -0.327 e. The van der Waals surface area contributed by atoms with Crippen molar-refractivity contribution in [1.29, 1.82) is 0 Å². The van der Waals surface area contributed by atoms with E-state index in [1.165, 1.54) is 6.42 Å². The number of fused-ring (bicyclic) bond motifs is 3. The zero-order valence-corrected chi connectivity index (χ0v) is 15.8. The molecule has 28 heavy (non-hydrogen) atoms. The summed E-state index contributed by atoms with van der Waals surface area (Å²) in [7, 11) is 0. The standard InChI is InChI=1S/C21H26N4O3/c22-15-7-14-6-13(15)8-16(14)23-9-11-2-1-3-12-10-25(21(28)19(11)12)17-4-5-18(26)24-20(17)27/h1-3,13-17,23H,4-10,22H2,(H,24,26,27). The van der Waals surface area contributed by atoms with Crippen LogP contribution in [-0.4, -0.2) is 40.7 Å². The molecule has 2 saturated carbocycles. The zero-order valence-electron chi connectivity index (χ0n) is 15.8. The predicted molar refractivity (Wildman–Crippen MR) is 102 cm³/mol. The molecule has 1 saturated heterocycles. The maximum atomic E-state index is 13.1. The number of hydrogen-bond donors (Lipinski definition) is 3. The Morgan fingerprint density at radius 2 is 2.00 bits per heavy atom. The molecule has 0 spiro atoms. The fourth-order valence-electron chi connectivity index (χ4n) is 5.65. The molecule has 0 radical (unpaired) electrons. The molecule has 2 aliphatic heterocycles.